The van der Waals surface area contributed by atoms with Gasteiger partial charge in [-0.15, -0.1) is 0 Å². The Morgan fingerprint density at radius 3 is 0.887 bits per heavy atom. The van der Waals surface area contributed by atoms with Gasteiger partial charge in [0.1, 0.15) is 13.2 Å². The lowest BCUT2D eigenvalue weighted by Gasteiger charge is -2.18. The first-order chi connectivity index (χ1) is 35.0. The number of rotatable bonds is 55. The van der Waals surface area contributed by atoms with Gasteiger partial charge in [-0.1, -0.05) is 267 Å². The summed E-state index contributed by atoms with van der Waals surface area (Å²) in [6.45, 7) is 6.53. The van der Waals surface area contributed by atoms with Crippen LogP contribution in [0.5, 0.6) is 0 Å². The van der Waals surface area contributed by atoms with Crippen molar-refractivity contribution in [1.29, 1.82) is 0 Å². The van der Waals surface area contributed by atoms with E-state index >= 15 is 0 Å². The number of allylic oxidation sites excluding steroid dienone is 12. The maximum absolute atomic E-state index is 12.9. The fraction of sp³-hybridized carbons (Fsp3) is 0.769. The van der Waals surface area contributed by atoms with Gasteiger partial charge in [0.05, 0.1) is 0 Å². The predicted octanol–water partition coefficient (Wildman–Crippen LogP) is 20.5. The van der Waals surface area contributed by atoms with Gasteiger partial charge in [0.25, 0.3) is 0 Å². The normalized spacial score (nSPS) is 12.5. The Morgan fingerprint density at radius 2 is 0.549 bits per heavy atom. The van der Waals surface area contributed by atoms with Crippen molar-refractivity contribution in [3.63, 3.8) is 0 Å². The van der Waals surface area contributed by atoms with Gasteiger partial charge in [-0.25, -0.2) is 0 Å². The van der Waals surface area contributed by atoms with Crippen LogP contribution < -0.4 is 0 Å². The minimum absolute atomic E-state index is 0.0851. The van der Waals surface area contributed by atoms with Crippen molar-refractivity contribution in [2.75, 3.05) is 13.2 Å². The van der Waals surface area contributed by atoms with E-state index in [-0.39, 0.29) is 31.1 Å². The van der Waals surface area contributed by atoms with Gasteiger partial charge in [0.15, 0.2) is 6.10 Å². The molecule has 6 nitrogen and oxygen atoms in total. The second-order valence-corrected chi connectivity index (χ2v) is 20.2. The standard InChI is InChI=1S/C65H114O6/c1-4-7-10-13-16-19-22-25-28-30-32-34-37-40-43-46-49-52-55-58-64(67)70-61-62(60-69-63(66)57-54-51-48-45-42-39-36-27-24-21-18-15-12-9-6-3)71-65(68)59-56-53-50-47-44-41-38-35-33-31-29-26-23-20-17-14-11-8-5-2/h7,10,16,19,25,28,31-34,40,43,62H,4-6,8-9,11-15,17-18,20-24,26-27,29-30,35-39,41-42,44-61H2,1-3H3/b10-7-,19-16-,28-25-,33-31-,34-32-,43-40-/t62-/m1/s1. The van der Waals surface area contributed by atoms with Crippen molar-refractivity contribution in [3.05, 3.63) is 72.9 Å². The van der Waals surface area contributed by atoms with Crippen LogP contribution in [-0.4, -0.2) is 37.2 Å². The van der Waals surface area contributed by atoms with Gasteiger partial charge in [0, 0.05) is 19.3 Å². The Morgan fingerprint density at radius 1 is 0.296 bits per heavy atom. The Hall–Kier alpha value is -3.15. The molecule has 0 aliphatic carbocycles. The monoisotopic (exact) mass is 991 g/mol. The molecule has 410 valence electrons. The van der Waals surface area contributed by atoms with E-state index in [0.29, 0.717) is 19.3 Å². The Kier molecular flexibility index (Phi) is 56.8. The average molecular weight is 992 g/mol. The van der Waals surface area contributed by atoms with Crippen LogP contribution in [0.25, 0.3) is 0 Å². The molecule has 0 aliphatic rings. The van der Waals surface area contributed by atoms with Crippen molar-refractivity contribution in [2.45, 2.75) is 309 Å². The van der Waals surface area contributed by atoms with Crippen LogP contribution in [0.1, 0.15) is 303 Å². The number of hydrogen-bond donors (Lipinski definition) is 0. The summed E-state index contributed by atoms with van der Waals surface area (Å²) in [5, 5.41) is 0. The molecular formula is C65H114O6. The molecule has 0 bridgehead atoms. The highest BCUT2D eigenvalue weighted by Gasteiger charge is 2.19. The minimum atomic E-state index is -0.791. The Bertz CT molecular complexity index is 1320. The molecular weight excluding hydrogens is 877 g/mol. The van der Waals surface area contributed by atoms with Gasteiger partial charge in [-0.05, 0) is 89.9 Å². The van der Waals surface area contributed by atoms with Crippen molar-refractivity contribution in [2.24, 2.45) is 0 Å². The van der Waals surface area contributed by atoms with Crippen molar-refractivity contribution in [3.8, 4) is 0 Å². The zero-order chi connectivity index (χ0) is 51.4. The molecule has 0 aliphatic heterocycles. The van der Waals surface area contributed by atoms with E-state index in [2.05, 4.69) is 93.7 Å². The highest BCUT2D eigenvalue weighted by molar-refractivity contribution is 5.71. The average Bonchev–Trinajstić information content (AvgIpc) is 3.37. The molecule has 0 N–H and O–H groups in total. The Labute approximate surface area is 440 Å². The number of ether oxygens (including phenoxy) is 3. The molecule has 0 saturated carbocycles. The first kappa shape index (κ1) is 67.8. The topological polar surface area (TPSA) is 78.9 Å². The van der Waals surface area contributed by atoms with E-state index in [1.165, 1.54) is 167 Å². The van der Waals surface area contributed by atoms with Gasteiger partial charge >= 0.3 is 17.9 Å². The van der Waals surface area contributed by atoms with Gasteiger partial charge in [0.2, 0.25) is 0 Å². The molecule has 0 aromatic rings. The molecule has 0 heterocycles. The summed E-state index contributed by atoms with van der Waals surface area (Å²) in [5.74, 6) is -0.910. The summed E-state index contributed by atoms with van der Waals surface area (Å²) >= 11 is 0. The number of hydrogen-bond acceptors (Lipinski definition) is 6. The molecule has 71 heavy (non-hydrogen) atoms. The number of unbranched alkanes of at least 4 members (excludes halogenated alkanes) is 32. The summed E-state index contributed by atoms with van der Waals surface area (Å²) in [5.41, 5.74) is 0. The number of carbonyl (C=O) groups is 3. The molecule has 0 rings (SSSR count). The third-order valence-electron chi connectivity index (χ3n) is 13.2. The summed E-state index contributed by atoms with van der Waals surface area (Å²) in [4.78, 5) is 38.2. The maximum atomic E-state index is 12.9. The largest absolute Gasteiger partial charge is 0.462 e. The smallest absolute Gasteiger partial charge is 0.306 e. The van der Waals surface area contributed by atoms with Crippen LogP contribution in [-0.2, 0) is 28.6 Å². The molecule has 0 saturated heterocycles. The second kappa shape index (κ2) is 59.4. The van der Waals surface area contributed by atoms with E-state index in [1.807, 2.05) is 0 Å². The minimum Gasteiger partial charge on any atom is -0.462 e. The lowest BCUT2D eigenvalue weighted by atomic mass is 10.0. The summed E-state index contributed by atoms with van der Waals surface area (Å²) in [6, 6.07) is 0. The molecule has 0 unspecified atom stereocenters. The highest BCUT2D eigenvalue weighted by atomic mass is 16.6. The lowest BCUT2D eigenvalue weighted by Crippen LogP contribution is -2.30. The van der Waals surface area contributed by atoms with Gasteiger partial charge in [-0.3, -0.25) is 14.4 Å². The quantitative estimate of drug-likeness (QED) is 0.0261. The van der Waals surface area contributed by atoms with Crippen LogP contribution in [0.4, 0.5) is 0 Å². The zero-order valence-corrected chi connectivity index (χ0v) is 47.0. The van der Waals surface area contributed by atoms with Crippen LogP contribution >= 0.6 is 0 Å². The van der Waals surface area contributed by atoms with Crippen molar-refractivity contribution >= 4 is 17.9 Å². The summed E-state index contributed by atoms with van der Waals surface area (Å²) in [7, 11) is 0. The third-order valence-corrected chi connectivity index (χ3v) is 13.2. The Balaban J connectivity index is 4.42. The van der Waals surface area contributed by atoms with Crippen molar-refractivity contribution < 1.29 is 28.6 Å². The van der Waals surface area contributed by atoms with Crippen LogP contribution in [0.3, 0.4) is 0 Å². The zero-order valence-electron chi connectivity index (χ0n) is 47.0. The molecule has 0 fully saturated rings. The lowest BCUT2D eigenvalue weighted by molar-refractivity contribution is -0.167. The molecule has 0 radical (unpaired) electrons. The molecule has 1 atom stereocenters. The predicted molar refractivity (Wildman–Crippen MR) is 307 cm³/mol. The van der Waals surface area contributed by atoms with E-state index < -0.39 is 6.10 Å². The van der Waals surface area contributed by atoms with Gasteiger partial charge in [-0.2, -0.15) is 0 Å². The van der Waals surface area contributed by atoms with E-state index in [0.717, 1.165) is 96.3 Å². The van der Waals surface area contributed by atoms with E-state index in [9.17, 15) is 14.4 Å². The molecule has 6 heteroatoms. The van der Waals surface area contributed by atoms with Crippen molar-refractivity contribution in [1.82, 2.24) is 0 Å². The molecule has 0 aromatic carbocycles. The molecule has 0 aromatic heterocycles. The van der Waals surface area contributed by atoms with E-state index in [1.54, 1.807) is 0 Å². The summed E-state index contributed by atoms with van der Waals surface area (Å²) in [6.07, 6.45) is 76.1. The van der Waals surface area contributed by atoms with E-state index in [4.69, 9.17) is 14.2 Å². The SMILES string of the molecule is CC/C=C\C/C=C\C/C=C\C/C=C\C/C=C\CCCCCC(=O)OC[C@@H](COC(=O)CCCCCCCCCCCCCCCCC)OC(=O)CCCCCCCCC/C=C\CCCCCCCCCC. The fourth-order valence-electron chi connectivity index (χ4n) is 8.64. The van der Waals surface area contributed by atoms with Crippen LogP contribution in [0, 0.1) is 0 Å². The second-order valence-electron chi connectivity index (χ2n) is 20.2. The van der Waals surface area contributed by atoms with Crippen LogP contribution in [0.15, 0.2) is 72.9 Å². The summed E-state index contributed by atoms with van der Waals surface area (Å²) < 4.78 is 16.9. The molecule has 0 amide bonds. The third kappa shape index (κ3) is 57.6. The molecule has 0 spiro atoms. The number of esters is 3. The van der Waals surface area contributed by atoms with Crippen LogP contribution in [0.2, 0.25) is 0 Å². The number of carbonyl (C=O) groups excluding carboxylic acids is 3. The first-order valence-corrected chi connectivity index (χ1v) is 30.4. The highest BCUT2D eigenvalue weighted by Crippen LogP contribution is 2.16. The fourth-order valence-corrected chi connectivity index (χ4v) is 8.64. The first-order valence-electron chi connectivity index (χ1n) is 30.4. The van der Waals surface area contributed by atoms with Gasteiger partial charge < -0.3 is 14.2 Å². The maximum Gasteiger partial charge on any atom is 0.306 e.